The minimum atomic E-state index is 0.226. The summed E-state index contributed by atoms with van der Waals surface area (Å²) in [5.41, 5.74) is 2.84. The van der Waals surface area contributed by atoms with E-state index in [1.165, 1.54) is 32.1 Å². The van der Waals surface area contributed by atoms with Gasteiger partial charge < -0.3 is 0 Å². The summed E-state index contributed by atoms with van der Waals surface area (Å²) in [4.78, 5) is 12.0. The first kappa shape index (κ1) is 14.3. The van der Waals surface area contributed by atoms with Crippen LogP contribution in [-0.2, 0) is 0 Å². The highest BCUT2D eigenvalue weighted by atomic mass is 16.1. The number of ketones is 1. The molecule has 0 bridgehead atoms. The lowest BCUT2D eigenvalue weighted by Crippen LogP contribution is -2.21. The summed E-state index contributed by atoms with van der Waals surface area (Å²) < 4.78 is 2.14. The SMILES string of the molecule is CCC(=O)c1c(C)nn(C2CCCC(CC)C2)c1C. The van der Waals surface area contributed by atoms with E-state index in [9.17, 15) is 4.79 Å². The van der Waals surface area contributed by atoms with Gasteiger partial charge in [-0.05, 0) is 32.6 Å². The van der Waals surface area contributed by atoms with Crippen molar-refractivity contribution >= 4 is 5.78 Å². The van der Waals surface area contributed by atoms with Gasteiger partial charge in [0.25, 0.3) is 0 Å². The number of nitrogens with zero attached hydrogens (tertiary/aromatic N) is 2. The van der Waals surface area contributed by atoms with E-state index >= 15 is 0 Å². The first-order valence-electron chi connectivity index (χ1n) is 7.67. The lowest BCUT2D eigenvalue weighted by molar-refractivity contribution is 0.0986. The van der Waals surface area contributed by atoms with Crippen LogP contribution in [0.4, 0.5) is 0 Å². The summed E-state index contributed by atoms with van der Waals surface area (Å²) in [6.07, 6.45) is 6.90. The molecule has 0 aliphatic heterocycles. The second-order valence-electron chi connectivity index (χ2n) is 5.86. The maximum absolute atomic E-state index is 12.0. The maximum Gasteiger partial charge on any atom is 0.166 e. The highest BCUT2D eigenvalue weighted by Gasteiger charge is 2.26. The van der Waals surface area contributed by atoms with E-state index in [2.05, 4.69) is 23.6 Å². The molecule has 1 aromatic heterocycles. The number of carbonyl (C=O) groups is 1. The second kappa shape index (κ2) is 5.89. The smallest absolute Gasteiger partial charge is 0.166 e. The molecule has 1 aliphatic rings. The number of aryl methyl sites for hydroxylation is 1. The van der Waals surface area contributed by atoms with E-state index in [1.807, 2.05) is 13.8 Å². The van der Waals surface area contributed by atoms with Gasteiger partial charge in [-0.3, -0.25) is 9.48 Å². The molecule has 1 aliphatic carbocycles. The van der Waals surface area contributed by atoms with Crippen LogP contribution in [0.25, 0.3) is 0 Å². The van der Waals surface area contributed by atoms with Gasteiger partial charge in [-0.15, -0.1) is 0 Å². The van der Waals surface area contributed by atoms with Crippen LogP contribution >= 0.6 is 0 Å². The number of rotatable bonds is 4. The molecule has 1 heterocycles. The Morgan fingerprint density at radius 2 is 2.05 bits per heavy atom. The molecule has 1 saturated carbocycles. The summed E-state index contributed by atoms with van der Waals surface area (Å²) in [5.74, 6) is 1.05. The van der Waals surface area contributed by atoms with Gasteiger partial charge in [0.1, 0.15) is 0 Å². The van der Waals surface area contributed by atoms with Gasteiger partial charge in [-0.2, -0.15) is 5.10 Å². The van der Waals surface area contributed by atoms with Crippen molar-refractivity contribution in [3.63, 3.8) is 0 Å². The van der Waals surface area contributed by atoms with E-state index < -0.39 is 0 Å². The molecule has 3 heteroatoms. The highest BCUT2D eigenvalue weighted by Crippen LogP contribution is 2.35. The van der Waals surface area contributed by atoms with E-state index in [1.54, 1.807) is 0 Å². The fourth-order valence-electron chi connectivity index (χ4n) is 3.45. The molecule has 1 fully saturated rings. The zero-order valence-corrected chi connectivity index (χ0v) is 12.7. The topological polar surface area (TPSA) is 34.9 Å². The van der Waals surface area contributed by atoms with Crippen molar-refractivity contribution in [2.24, 2.45) is 5.92 Å². The zero-order chi connectivity index (χ0) is 14.0. The molecule has 106 valence electrons. The van der Waals surface area contributed by atoms with Crippen LogP contribution in [0.3, 0.4) is 0 Å². The van der Waals surface area contributed by atoms with E-state index in [-0.39, 0.29) is 5.78 Å². The number of Topliss-reactive ketones (excluding diaryl/α,β-unsaturated/α-hetero) is 1. The van der Waals surface area contributed by atoms with Crippen molar-refractivity contribution in [1.82, 2.24) is 9.78 Å². The Balaban J connectivity index is 2.28. The Kier molecular flexibility index (Phi) is 4.43. The van der Waals surface area contributed by atoms with E-state index in [0.717, 1.165) is 22.9 Å². The van der Waals surface area contributed by atoms with Gasteiger partial charge in [-0.25, -0.2) is 0 Å². The number of aromatic nitrogens is 2. The Labute approximate surface area is 116 Å². The van der Waals surface area contributed by atoms with Crippen molar-refractivity contribution in [3.05, 3.63) is 17.0 Å². The van der Waals surface area contributed by atoms with Crippen molar-refractivity contribution in [1.29, 1.82) is 0 Å². The fourth-order valence-corrected chi connectivity index (χ4v) is 3.45. The number of hydrogen-bond donors (Lipinski definition) is 0. The van der Waals surface area contributed by atoms with Crippen LogP contribution in [0.2, 0.25) is 0 Å². The lowest BCUT2D eigenvalue weighted by atomic mass is 9.84. The Morgan fingerprint density at radius 3 is 2.68 bits per heavy atom. The minimum absolute atomic E-state index is 0.226. The maximum atomic E-state index is 12.0. The molecule has 0 amide bonds. The van der Waals surface area contributed by atoms with Crippen LogP contribution < -0.4 is 0 Å². The fraction of sp³-hybridized carbons (Fsp3) is 0.750. The minimum Gasteiger partial charge on any atom is -0.294 e. The van der Waals surface area contributed by atoms with Crippen LogP contribution in [0.1, 0.15) is 80.2 Å². The van der Waals surface area contributed by atoms with Gasteiger partial charge in [0.05, 0.1) is 17.3 Å². The molecule has 0 aromatic carbocycles. The van der Waals surface area contributed by atoms with Crippen molar-refractivity contribution in [2.45, 2.75) is 72.3 Å². The van der Waals surface area contributed by atoms with Crippen LogP contribution in [0.5, 0.6) is 0 Å². The largest absolute Gasteiger partial charge is 0.294 e. The third kappa shape index (κ3) is 2.75. The monoisotopic (exact) mass is 262 g/mol. The second-order valence-corrected chi connectivity index (χ2v) is 5.86. The van der Waals surface area contributed by atoms with Gasteiger partial charge >= 0.3 is 0 Å². The Morgan fingerprint density at radius 1 is 1.32 bits per heavy atom. The molecule has 0 spiro atoms. The number of carbonyl (C=O) groups excluding carboxylic acids is 1. The summed E-state index contributed by atoms with van der Waals surface area (Å²) in [6, 6.07) is 0.496. The zero-order valence-electron chi connectivity index (χ0n) is 12.7. The molecular weight excluding hydrogens is 236 g/mol. The number of hydrogen-bond acceptors (Lipinski definition) is 2. The van der Waals surface area contributed by atoms with Crippen LogP contribution in [0.15, 0.2) is 0 Å². The molecular formula is C16H26N2O. The standard InChI is InChI=1S/C16H26N2O/c1-5-13-8-7-9-14(10-13)18-12(4)16(11(3)17-18)15(19)6-2/h13-14H,5-10H2,1-4H3. The molecule has 0 radical (unpaired) electrons. The van der Waals surface area contributed by atoms with Gasteiger partial charge in [0.2, 0.25) is 0 Å². The molecule has 19 heavy (non-hydrogen) atoms. The molecule has 0 saturated heterocycles. The Hall–Kier alpha value is -1.12. The van der Waals surface area contributed by atoms with E-state index in [0.29, 0.717) is 12.5 Å². The highest BCUT2D eigenvalue weighted by molar-refractivity contribution is 5.97. The lowest BCUT2D eigenvalue weighted by Gasteiger charge is -2.29. The first-order valence-corrected chi connectivity index (χ1v) is 7.67. The van der Waals surface area contributed by atoms with Crippen molar-refractivity contribution in [2.75, 3.05) is 0 Å². The average Bonchev–Trinajstić information content (AvgIpc) is 2.73. The quantitative estimate of drug-likeness (QED) is 0.761. The van der Waals surface area contributed by atoms with Crippen LogP contribution in [-0.4, -0.2) is 15.6 Å². The average molecular weight is 262 g/mol. The predicted molar refractivity (Wildman–Crippen MR) is 77.6 cm³/mol. The molecule has 2 rings (SSSR count). The molecule has 2 atom stereocenters. The summed E-state index contributed by atoms with van der Waals surface area (Å²) in [5, 5.41) is 4.67. The van der Waals surface area contributed by atoms with Crippen molar-refractivity contribution in [3.8, 4) is 0 Å². The molecule has 0 N–H and O–H groups in total. The molecule has 3 nitrogen and oxygen atoms in total. The van der Waals surface area contributed by atoms with Crippen LogP contribution in [0, 0.1) is 19.8 Å². The van der Waals surface area contributed by atoms with Gasteiger partial charge in [0, 0.05) is 12.1 Å². The third-order valence-electron chi connectivity index (χ3n) is 4.60. The summed E-state index contributed by atoms with van der Waals surface area (Å²) in [7, 11) is 0. The third-order valence-corrected chi connectivity index (χ3v) is 4.60. The van der Waals surface area contributed by atoms with E-state index in [4.69, 9.17) is 0 Å². The summed E-state index contributed by atoms with van der Waals surface area (Å²) >= 11 is 0. The van der Waals surface area contributed by atoms with Gasteiger partial charge in [0.15, 0.2) is 5.78 Å². The van der Waals surface area contributed by atoms with Crippen molar-refractivity contribution < 1.29 is 4.79 Å². The normalized spacial score (nSPS) is 23.6. The molecule has 2 unspecified atom stereocenters. The predicted octanol–water partition coefficient (Wildman–Crippen LogP) is 4.23. The first-order chi connectivity index (χ1) is 9.08. The molecule has 1 aromatic rings. The summed E-state index contributed by atoms with van der Waals surface area (Å²) in [6.45, 7) is 8.22. The Bertz CT molecular complexity index is 462. The van der Waals surface area contributed by atoms with Gasteiger partial charge in [-0.1, -0.05) is 33.1 Å².